The normalized spacial score (nSPS) is 12.8. The van der Waals surface area contributed by atoms with Gasteiger partial charge in [-0.05, 0) is 28.8 Å². The lowest BCUT2D eigenvalue weighted by molar-refractivity contribution is 1.77. The molecule has 0 radical (unpaired) electrons. The predicted octanol–water partition coefficient (Wildman–Crippen LogP) is 8.12. The molecule has 0 saturated carbocycles. The summed E-state index contributed by atoms with van der Waals surface area (Å²) in [6.07, 6.45) is 0. The Kier molecular flexibility index (Phi) is 3.38. The van der Waals surface area contributed by atoms with Gasteiger partial charge in [-0.15, -0.1) is 22.7 Å². The first-order valence-electron chi connectivity index (χ1n) is 9.71. The first-order valence-corrected chi connectivity index (χ1v) is 14.8. The van der Waals surface area contributed by atoms with Crippen LogP contribution in [0.25, 0.3) is 51.1 Å². The van der Waals surface area contributed by atoms with Crippen molar-refractivity contribution in [2.24, 2.45) is 0 Å². The van der Waals surface area contributed by atoms with E-state index in [1.165, 1.54) is 51.1 Å². The van der Waals surface area contributed by atoms with Gasteiger partial charge in [-0.1, -0.05) is 68.2 Å². The predicted molar refractivity (Wildman–Crippen MR) is 133 cm³/mol. The third-order valence-electron chi connectivity index (χ3n) is 5.77. The highest BCUT2D eigenvalue weighted by Gasteiger charge is 2.24. The zero-order chi connectivity index (χ0) is 19.0. The Morgan fingerprint density at radius 3 is 1.96 bits per heavy atom. The maximum absolute atomic E-state index is 2.51. The minimum Gasteiger partial charge on any atom is -0.135 e. The van der Waals surface area contributed by atoms with Crippen LogP contribution in [0, 0.1) is 0 Å². The molecule has 6 rings (SSSR count). The van der Waals surface area contributed by atoms with E-state index in [2.05, 4.69) is 86.4 Å². The molecule has 2 aromatic heterocycles. The van der Waals surface area contributed by atoms with Gasteiger partial charge in [0, 0.05) is 45.7 Å². The molecular formula is C25H20S2Si. The van der Waals surface area contributed by atoms with Crippen molar-refractivity contribution in [3.63, 3.8) is 0 Å². The van der Waals surface area contributed by atoms with Crippen LogP contribution in [0.3, 0.4) is 0 Å². The van der Waals surface area contributed by atoms with Gasteiger partial charge in [0.15, 0.2) is 0 Å². The van der Waals surface area contributed by atoms with Crippen molar-refractivity contribution in [1.29, 1.82) is 0 Å². The molecule has 0 fully saturated rings. The molecule has 6 aromatic rings. The number of benzene rings is 4. The van der Waals surface area contributed by atoms with Crippen molar-refractivity contribution < 1.29 is 0 Å². The highest BCUT2D eigenvalue weighted by atomic mass is 32.1. The van der Waals surface area contributed by atoms with Crippen LogP contribution in [0.2, 0.25) is 19.6 Å². The number of thiophene rings is 2. The van der Waals surface area contributed by atoms with Crippen molar-refractivity contribution in [3.05, 3.63) is 66.7 Å². The van der Waals surface area contributed by atoms with Crippen LogP contribution in [0.15, 0.2) is 66.7 Å². The van der Waals surface area contributed by atoms with Crippen molar-refractivity contribution in [2.75, 3.05) is 0 Å². The van der Waals surface area contributed by atoms with Crippen LogP contribution in [-0.4, -0.2) is 8.07 Å². The second-order valence-electron chi connectivity index (χ2n) is 8.61. The minimum absolute atomic E-state index is 1.38. The van der Waals surface area contributed by atoms with E-state index in [-0.39, 0.29) is 0 Å². The lowest BCUT2D eigenvalue weighted by atomic mass is 9.99. The average Bonchev–Trinajstić information content (AvgIpc) is 3.24. The highest BCUT2D eigenvalue weighted by Crippen LogP contribution is 2.45. The van der Waals surface area contributed by atoms with E-state index in [0.717, 1.165) is 0 Å². The molecule has 0 nitrogen and oxygen atoms in total. The van der Waals surface area contributed by atoms with Crippen LogP contribution in [-0.2, 0) is 0 Å². The fourth-order valence-electron chi connectivity index (χ4n) is 4.48. The zero-order valence-corrected chi connectivity index (χ0v) is 18.8. The number of rotatable bonds is 1. The SMILES string of the molecule is C[Si](C)(C)c1cc2ccc3sc4ccccc4c3c2c2c1sc1ccccc12. The van der Waals surface area contributed by atoms with Crippen LogP contribution in [0.1, 0.15) is 0 Å². The van der Waals surface area contributed by atoms with Gasteiger partial charge in [0.2, 0.25) is 0 Å². The minimum atomic E-state index is -1.47. The second kappa shape index (κ2) is 5.66. The van der Waals surface area contributed by atoms with Gasteiger partial charge in [-0.25, -0.2) is 0 Å². The van der Waals surface area contributed by atoms with Crippen LogP contribution < -0.4 is 5.19 Å². The monoisotopic (exact) mass is 412 g/mol. The molecule has 0 atom stereocenters. The zero-order valence-electron chi connectivity index (χ0n) is 16.2. The Bertz CT molecular complexity index is 1540. The van der Waals surface area contributed by atoms with Crippen molar-refractivity contribution in [2.45, 2.75) is 19.6 Å². The van der Waals surface area contributed by atoms with Gasteiger partial charge in [-0.2, -0.15) is 0 Å². The summed E-state index contributed by atoms with van der Waals surface area (Å²) in [6.45, 7) is 7.41. The van der Waals surface area contributed by atoms with Crippen LogP contribution in [0.5, 0.6) is 0 Å². The van der Waals surface area contributed by atoms with Crippen molar-refractivity contribution in [1.82, 2.24) is 0 Å². The van der Waals surface area contributed by atoms with Gasteiger partial charge < -0.3 is 0 Å². The standard InChI is InChI=1S/C25H20S2Si/c1-28(2,3)21-14-15-12-13-20-23(16-8-4-6-10-18(16)26-20)22(15)24-17-9-5-7-11-19(17)27-25(21)24/h4-14H,1-3H3. The molecular weight excluding hydrogens is 392 g/mol. The summed E-state index contributed by atoms with van der Waals surface area (Å²) in [6, 6.07) is 25.0. The lowest BCUT2D eigenvalue weighted by Gasteiger charge is -2.19. The van der Waals surface area contributed by atoms with Gasteiger partial charge >= 0.3 is 0 Å². The Balaban J connectivity index is 1.99. The summed E-state index contributed by atoms with van der Waals surface area (Å²) in [4.78, 5) is 0. The lowest BCUT2D eigenvalue weighted by Crippen LogP contribution is -2.37. The van der Waals surface area contributed by atoms with Gasteiger partial charge in [-0.3, -0.25) is 0 Å². The molecule has 4 aromatic carbocycles. The van der Waals surface area contributed by atoms with E-state index < -0.39 is 8.07 Å². The van der Waals surface area contributed by atoms with Crippen LogP contribution >= 0.6 is 22.7 Å². The molecule has 0 aliphatic carbocycles. The highest BCUT2D eigenvalue weighted by molar-refractivity contribution is 7.28. The molecule has 2 heterocycles. The summed E-state index contributed by atoms with van der Waals surface area (Å²) >= 11 is 3.90. The molecule has 0 spiro atoms. The van der Waals surface area contributed by atoms with E-state index >= 15 is 0 Å². The number of hydrogen-bond donors (Lipinski definition) is 0. The first-order chi connectivity index (χ1) is 13.5. The van der Waals surface area contributed by atoms with Crippen molar-refractivity contribution in [3.8, 4) is 0 Å². The molecule has 0 aliphatic rings. The molecule has 0 N–H and O–H groups in total. The molecule has 3 heteroatoms. The Hall–Kier alpha value is -2.20. The smallest absolute Gasteiger partial charge is 0.0795 e. The number of fused-ring (bicyclic) bond motifs is 9. The van der Waals surface area contributed by atoms with Gasteiger partial charge in [0.25, 0.3) is 0 Å². The molecule has 0 bridgehead atoms. The second-order valence-corrected chi connectivity index (χ2v) is 15.8. The fraction of sp³-hybridized carbons (Fsp3) is 0.120. The topological polar surface area (TPSA) is 0 Å². The summed E-state index contributed by atoms with van der Waals surface area (Å²) in [5.41, 5.74) is 0. The molecule has 0 aliphatic heterocycles. The van der Waals surface area contributed by atoms with E-state index in [1.807, 2.05) is 22.7 Å². The maximum Gasteiger partial charge on any atom is 0.0795 e. The average molecular weight is 413 g/mol. The number of hydrogen-bond acceptors (Lipinski definition) is 2. The Morgan fingerprint density at radius 1 is 0.607 bits per heavy atom. The molecule has 0 unspecified atom stereocenters. The summed E-state index contributed by atoms with van der Waals surface area (Å²) in [7, 11) is -1.47. The maximum atomic E-state index is 2.51. The Labute approximate surface area is 173 Å². The molecule has 0 amide bonds. The summed E-state index contributed by atoms with van der Waals surface area (Å²) in [5, 5.41) is 10.2. The quantitative estimate of drug-likeness (QED) is 0.239. The summed E-state index contributed by atoms with van der Waals surface area (Å²) in [5.74, 6) is 0. The van der Waals surface area contributed by atoms with E-state index in [4.69, 9.17) is 0 Å². The third-order valence-corrected chi connectivity index (χ3v) is 10.3. The van der Waals surface area contributed by atoms with Crippen LogP contribution in [0.4, 0.5) is 0 Å². The van der Waals surface area contributed by atoms with E-state index in [0.29, 0.717) is 0 Å². The molecule has 0 saturated heterocycles. The molecule has 28 heavy (non-hydrogen) atoms. The van der Waals surface area contributed by atoms with E-state index in [1.54, 1.807) is 5.19 Å². The largest absolute Gasteiger partial charge is 0.135 e. The molecule has 136 valence electrons. The summed E-state index contributed by atoms with van der Waals surface area (Å²) < 4.78 is 5.69. The van der Waals surface area contributed by atoms with Gasteiger partial charge in [0.05, 0.1) is 8.07 Å². The third kappa shape index (κ3) is 2.21. The van der Waals surface area contributed by atoms with Gasteiger partial charge in [0.1, 0.15) is 0 Å². The fourth-order valence-corrected chi connectivity index (χ4v) is 9.19. The van der Waals surface area contributed by atoms with E-state index in [9.17, 15) is 0 Å². The Morgan fingerprint density at radius 2 is 1.25 bits per heavy atom. The first kappa shape index (κ1) is 16.7. The van der Waals surface area contributed by atoms with Crippen molar-refractivity contribution >= 4 is 87.1 Å².